The third kappa shape index (κ3) is 2.56. The van der Waals surface area contributed by atoms with E-state index in [0.717, 1.165) is 32.4 Å². The van der Waals surface area contributed by atoms with Gasteiger partial charge in [0.25, 0.3) is 0 Å². The van der Waals surface area contributed by atoms with E-state index < -0.39 is 11.9 Å². The minimum atomic E-state index is -0.775. The van der Waals surface area contributed by atoms with E-state index in [-0.39, 0.29) is 23.7 Å². The van der Waals surface area contributed by atoms with Crippen LogP contribution in [0.5, 0.6) is 0 Å². The number of carbonyl (C=O) groups is 2. The first-order valence-electron chi connectivity index (χ1n) is 8.97. The van der Waals surface area contributed by atoms with Crippen molar-refractivity contribution in [2.24, 2.45) is 23.7 Å². The summed E-state index contributed by atoms with van der Waals surface area (Å²) >= 11 is 0. The molecule has 24 heavy (non-hydrogen) atoms. The Balaban J connectivity index is 1.42. The van der Waals surface area contributed by atoms with Crippen molar-refractivity contribution < 1.29 is 14.7 Å². The van der Waals surface area contributed by atoms with E-state index in [9.17, 15) is 14.7 Å². The lowest BCUT2D eigenvalue weighted by molar-refractivity contribution is -0.153. The Morgan fingerprint density at radius 2 is 1.54 bits per heavy atom. The fourth-order valence-electron chi connectivity index (χ4n) is 5.04. The maximum absolute atomic E-state index is 13.0. The molecule has 0 aromatic heterocycles. The molecule has 0 radical (unpaired) electrons. The van der Waals surface area contributed by atoms with Gasteiger partial charge < -0.3 is 14.9 Å². The summed E-state index contributed by atoms with van der Waals surface area (Å²) in [4.78, 5) is 28.8. The summed E-state index contributed by atoms with van der Waals surface area (Å²) < 4.78 is 0. The lowest BCUT2D eigenvalue weighted by atomic mass is 9.78. The first-order valence-corrected chi connectivity index (χ1v) is 8.97. The number of carboxylic acids is 1. The van der Waals surface area contributed by atoms with Crippen LogP contribution in [0.3, 0.4) is 0 Å². The number of hydrogen-bond acceptors (Lipinski definition) is 3. The second-order valence-corrected chi connectivity index (χ2v) is 7.37. The van der Waals surface area contributed by atoms with Crippen molar-refractivity contribution in [3.63, 3.8) is 0 Å². The van der Waals surface area contributed by atoms with Gasteiger partial charge in [-0.3, -0.25) is 9.59 Å². The molecule has 5 heteroatoms. The van der Waals surface area contributed by atoms with Crippen LogP contribution in [0.15, 0.2) is 30.3 Å². The van der Waals surface area contributed by atoms with Gasteiger partial charge >= 0.3 is 5.97 Å². The molecule has 1 aromatic carbocycles. The molecular formula is C19H24N2O3. The summed E-state index contributed by atoms with van der Waals surface area (Å²) in [6.07, 6.45) is 2.93. The largest absolute Gasteiger partial charge is 0.481 e. The minimum Gasteiger partial charge on any atom is -0.481 e. The summed E-state index contributed by atoms with van der Waals surface area (Å²) in [5.41, 5.74) is 1.19. The molecule has 3 fully saturated rings. The Bertz CT molecular complexity index is 625. The molecular weight excluding hydrogens is 304 g/mol. The number of piperazine rings is 1. The molecule has 5 nitrogen and oxygen atoms in total. The Hall–Kier alpha value is -2.04. The predicted molar refractivity (Wildman–Crippen MR) is 90.7 cm³/mol. The summed E-state index contributed by atoms with van der Waals surface area (Å²) in [5, 5.41) is 9.56. The smallest absolute Gasteiger partial charge is 0.307 e. The number of rotatable bonds is 3. The molecule has 4 rings (SSSR count). The van der Waals surface area contributed by atoms with E-state index in [1.165, 1.54) is 5.69 Å². The number of carboxylic acid groups (broad SMARTS) is 1. The van der Waals surface area contributed by atoms with Crippen molar-refractivity contribution in [1.29, 1.82) is 0 Å². The second-order valence-electron chi connectivity index (χ2n) is 7.37. The number of benzene rings is 1. The fourth-order valence-corrected chi connectivity index (χ4v) is 5.04. The molecule has 1 aromatic rings. The third-order valence-electron chi connectivity index (χ3n) is 6.20. The number of para-hydroxylation sites is 1. The van der Waals surface area contributed by atoms with Gasteiger partial charge in [0.05, 0.1) is 11.8 Å². The maximum atomic E-state index is 13.0. The average Bonchev–Trinajstić information content (AvgIpc) is 3.23. The maximum Gasteiger partial charge on any atom is 0.307 e. The molecule has 128 valence electrons. The number of carbonyl (C=O) groups excluding carboxylic acids is 1. The highest BCUT2D eigenvalue weighted by molar-refractivity contribution is 5.86. The van der Waals surface area contributed by atoms with Gasteiger partial charge in [0, 0.05) is 31.9 Å². The van der Waals surface area contributed by atoms with Crippen LogP contribution in [0, 0.1) is 23.7 Å². The van der Waals surface area contributed by atoms with Crippen molar-refractivity contribution in [2.45, 2.75) is 19.3 Å². The van der Waals surface area contributed by atoms with Gasteiger partial charge in [0.2, 0.25) is 5.91 Å². The SMILES string of the molecule is O=C(O)[C@H]1[C@H]2CC[C@@H](C2)[C@@H]1C(=O)N1CCN(c2ccccc2)CC1. The fraction of sp³-hybridized carbons (Fsp3) is 0.579. The van der Waals surface area contributed by atoms with Crippen LogP contribution in [-0.2, 0) is 9.59 Å². The van der Waals surface area contributed by atoms with E-state index in [2.05, 4.69) is 17.0 Å². The van der Waals surface area contributed by atoms with E-state index in [1.54, 1.807) is 0 Å². The minimum absolute atomic E-state index is 0.0855. The normalized spacial score (nSPS) is 32.2. The van der Waals surface area contributed by atoms with Gasteiger partial charge in [-0.05, 0) is 43.2 Å². The standard InChI is InChI=1S/C19H24N2O3/c22-18(16-13-6-7-14(12-13)17(16)19(23)24)21-10-8-20(9-11-21)15-4-2-1-3-5-15/h1-5,13-14,16-17H,6-12H2,(H,23,24)/t13-,14-,16-,17-/m0/s1. The average molecular weight is 328 g/mol. The highest BCUT2D eigenvalue weighted by Crippen LogP contribution is 2.53. The van der Waals surface area contributed by atoms with Gasteiger partial charge in [-0.2, -0.15) is 0 Å². The molecule has 2 aliphatic carbocycles. The van der Waals surface area contributed by atoms with Crippen LogP contribution in [0.1, 0.15) is 19.3 Å². The Morgan fingerprint density at radius 3 is 2.17 bits per heavy atom. The van der Waals surface area contributed by atoms with Crippen molar-refractivity contribution in [1.82, 2.24) is 4.90 Å². The molecule has 1 N–H and O–H groups in total. The van der Waals surface area contributed by atoms with E-state index in [1.807, 2.05) is 23.1 Å². The lowest BCUT2D eigenvalue weighted by Crippen LogP contribution is -2.52. The molecule has 0 unspecified atom stereocenters. The quantitative estimate of drug-likeness (QED) is 0.923. The molecule has 1 heterocycles. The number of fused-ring (bicyclic) bond motifs is 2. The van der Waals surface area contributed by atoms with Crippen LogP contribution >= 0.6 is 0 Å². The molecule has 1 aliphatic heterocycles. The van der Waals surface area contributed by atoms with Crippen LogP contribution in [-0.4, -0.2) is 48.1 Å². The number of aliphatic carboxylic acids is 1. The van der Waals surface area contributed by atoms with Gasteiger partial charge in [0.1, 0.15) is 0 Å². The number of amides is 1. The lowest BCUT2D eigenvalue weighted by Gasteiger charge is -2.39. The van der Waals surface area contributed by atoms with Crippen molar-refractivity contribution in [2.75, 3.05) is 31.1 Å². The van der Waals surface area contributed by atoms with E-state index in [4.69, 9.17) is 0 Å². The summed E-state index contributed by atoms with van der Waals surface area (Å²) in [7, 11) is 0. The molecule has 4 atom stereocenters. The first-order chi connectivity index (χ1) is 11.6. The van der Waals surface area contributed by atoms with Crippen LogP contribution in [0.4, 0.5) is 5.69 Å². The van der Waals surface area contributed by atoms with Gasteiger partial charge in [-0.1, -0.05) is 18.2 Å². The van der Waals surface area contributed by atoms with Crippen molar-refractivity contribution in [3.8, 4) is 0 Å². The molecule has 1 amide bonds. The Kier molecular flexibility index (Phi) is 3.94. The highest BCUT2D eigenvalue weighted by atomic mass is 16.4. The summed E-state index contributed by atoms with van der Waals surface area (Å²) in [6, 6.07) is 10.2. The predicted octanol–water partition coefficient (Wildman–Crippen LogP) is 2.08. The Labute approximate surface area is 142 Å². The van der Waals surface area contributed by atoms with Crippen LogP contribution in [0.25, 0.3) is 0 Å². The zero-order valence-corrected chi connectivity index (χ0v) is 13.8. The summed E-state index contributed by atoms with van der Waals surface area (Å²) in [6.45, 7) is 3.00. The number of nitrogens with zero attached hydrogens (tertiary/aromatic N) is 2. The zero-order valence-electron chi connectivity index (χ0n) is 13.8. The second kappa shape index (κ2) is 6.11. The monoisotopic (exact) mass is 328 g/mol. The van der Waals surface area contributed by atoms with Crippen LogP contribution in [0.2, 0.25) is 0 Å². The topological polar surface area (TPSA) is 60.9 Å². The van der Waals surface area contributed by atoms with E-state index >= 15 is 0 Å². The zero-order chi connectivity index (χ0) is 16.7. The van der Waals surface area contributed by atoms with Gasteiger partial charge in [-0.15, -0.1) is 0 Å². The molecule has 2 bridgehead atoms. The summed E-state index contributed by atoms with van der Waals surface area (Å²) in [5.74, 6) is -0.929. The number of anilines is 1. The molecule has 2 saturated carbocycles. The van der Waals surface area contributed by atoms with Crippen LogP contribution < -0.4 is 4.90 Å². The van der Waals surface area contributed by atoms with Crippen molar-refractivity contribution in [3.05, 3.63) is 30.3 Å². The van der Waals surface area contributed by atoms with E-state index in [0.29, 0.717) is 13.1 Å². The molecule has 1 saturated heterocycles. The van der Waals surface area contributed by atoms with Gasteiger partial charge in [-0.25, -0.2) is 0 Å². The highest BCUT2D eigenvalue weighted by Gasteiger charge is 2.54. The first kappa shape index (κ1) is 15.5. The Morgan fingerprint density at radius 1 is 0.917 bits per heavy atom. The molecule has 3 aliphatic rings. The third-order valence-corrected chi connectivity index (χ3v) is 6.20. The molecule has 0 spiro atoms. The number of hydrogen-bond donors (Lipinski definition) is 1. The van der Waals surface area contributed by atoms with Crippen molar-refractivity contribution >= 4 is 17.6 Å². The van der Waals surface area contributed by atoms with Gasteiger partial charge in [0.15, 0.2) is 0 Å².